The van der Waals surface area contributed by atoms with Gasteiger partial charge in [0.15, 0.2) is 6.10 Å². The van der Waals surface area contributed by atoms with Gasteiger partial charge in [0.1, 0.15) is 16.8 Å². The third kappa shape index (κ3) is 1.61. The summed E-state index contributed by atoms with van der Waals surface area (Å²) in [5.41, 5.74) is -8.01. The van der Waals surface area contributed by atoms with Crippen molar-refractivity contribution in [3.8, 4) is 0 Å². The summed E-state index contributed by atoms with van der Waals surface area (Å²) >= 11 is 0. The SMILES string of the molecule is CC1(C)C[C@@]1(O)[C@@]1(O)C(C)(C)[C@@]1(O)[C@@H](O)C(=O)OCO[C]=O. The number of ether oxygens (including phenoxy) is 2. The van der Waals surface area contributed by atoms with Crippen molar-refractivity contribution in [1.29, 1.82) is 0 Å². The maximum absolute atomic E-state index is 11.8. The Morgan fingerprint density at radius 2 is 1.73 bits per heavy atom. The van der Waals surface area contributed by atoms with Crippen LogP contribution in [-0.2, 0) is 19.1 Å². The van der Waals surface area contributed by atoms with Crippen LogP contribution in [0.15, 0.2) is 0 Å². The highest BCUT2D eigenvalue weighted by Gasteiger charge is 2.97. The molecule has 0 aromatic rings. The highest BCUT2D eigenvalue weighted by molar-refractivity contribution is 5.79. The smallest absolute Gasteiger partial charge is 0.420 e. The Morgan fingerprint density at radius 1 is 1.23 bits per heavy atom. The summed E-state index contributed by atoms with van der Waals surface area (Å²) in [5.74, 6) is -1.27. The van der Waals surface area contributed by atoms with E-state index in [1.165, 1.54) is 13.8 Å². The fraction of sp³-hybridized carbons (Fsp3) is 0.857. The molecule has 2 aliphatic rings. The molecule has 0 aromatic carbocycles. The van der Waals surface area contributed by atoms with Crippen molar-refractivity contribution in [3.63, 3.8) is 0 Å². The van der Waals surface area contributed by atoms with Crippen LogP contribution in [-0.4, -0.2) is 62.6 Å². The van der Waals surface area contributed by atoms with E-state index in [1.807, 2.05) is 0 Å². The minimum Gasteiger partial charge on any atom is -0.426 e. The number of esters is 1. The molecule has 0 bridgehead atoms. The topological polar surface area (TPSA) is 134 Å². The van der Waals surface area contributed by atoms with Crippen LogP contribution in [0.3, 0.4) is 0 Å². The van der Waals surface area contributed by atoms with E-state index in [9.17, 15) is 30.0 Å². The van der Waals surface area contributed by atoms with Gasteiger partial charge in [0.25, 0.3) is 0 Å². The summed E-state index contributed by atoms with van der Waals surface area (Å²) in [7, 11) is 0. The Bertz CT molecular complexity index is 515. The first kappa shape index (κ1) is 17.1. The molecule has 2 aliphatic carbocycles. The Morgan fingerprint density at radius 3 is 2.14 bits per heavy atom. The summed E-state index contributed by atoms with van der Waals surface area (Å²) in [6.45, 7) is 6.54. The molecule has 1 radical (unpaired) electrons. The number of aliphatic hydroxyl groups excluding tert-OH is 1. The van der Waals surface area contributed by atoms with E-state index < -0.39 is 46.5 Å². The molecule has 8 nitrogen and oxygen atoms in total. The maximum Gasteiger partial charge on any atom is 0.420 e. The lowest BCUT2D eigenvalue weighted by molar-refractivity contribution is -0.178. The number of hydrogen-bond donors (Lipinski definition) is 4. The van der Waals surface area contributed by atoms with E-state index in [-0.39, 0.29) is 6.42 Å². The fourth-order valence-corrected chi connectivity index (χ4v) is 3.81. The van der Waals surface area contributed by atoms with Gasteiger partial charge < -0.3 is 29.9 Å². The van der Waals surface area contributed by atoms with Gasteiger partial charge >= 0.3 is 12.4 Å². The molecule has 125 valence electrons. The number of rotatable bonds is 6. The summed E-state index contributed by atoms with van der Waals surface area (Å²) in [4.78, 5) is 21.6. The van der Waals surface area contributed by atoms with Crippen LogP contribution in [0.4, 0.5) is 0 Å². The second-order valence-electron chi connectivity index (χ2n) is 7.23. The van der Waals surface area contributed by atoms with E-state index in [1.54, 1.807) is 13.8 Å². The minimum atomic E-state index is -2.29. The van der Waals surface area contributed by atoms with Crippen molar-refractivity contribution >= 4 is 12.4 Å². The van der Waals surface area contributed by atoms with E-state index in [4.69, 9.17) is 0 Å². The third-order valence-corrected chi connectivity index (χ3v) is 5.58. The van der Waals surface area contributed by atoms with Crippen LogP contribution in [0.1, 0.15) is 34.1 Å². The van der Waals surface area contributed by atoms with E-state index in [0.717, 1.165) is 6.47 Å². The number of carbonyl (C=O) groups excluding carboxylic acids is 2. The Labute approximate surface area is 127 Å². The van der Waals surface area contributed by atoms with Crippen LogP contribution in [0, 0.1) is 10.8 Å². The predicted molar refractivity (Wildman–Crippen MR) is 70.8 cm³/mol. The molecule has 0 saturated heterocycles. The lowest BCUT2D eigenvalue weighted by Gasteiger charge is -2.27. The average Bonchev–Trinajstić information content (AvgIpc) is 3.08. The average molecular weight is 317 g/mol. The van der Waals surface area contributed by atoms with Gasteiger partial charge in [-0.1, -0.05) is 27.7 Å². The number of aliphatic hydroxyl groups is 4. The standard InChI is InChI=1S/C14H21O8/c1-10(2)5-12(10,18)14(20)11(3,4)13(14,19)8(16)9(17)22-7-21-6-15/h8,16,18-20H,5,7H2,1-4H3/t8-,12-,13-,14-/m0/s1. The van der Waals surface area contributed by atoms with Crippen LogP contribution < -0.4 is 0 Å². The first-order valence-electron chi connectivity index (χ1n) is 6.86. The predicted octanol–water partition coefficient (Wildman–Crippen LogP) is -1.41. The molecule has 0 aliphatic heterocycles. The zero-order chi connectivity index (χ0) is 17.2. The van der Waals surface area contributed by atoms with Gasteiger partial charge in [-0.15, -0.1) is 0 Å². The highest BCUT2D eigenvalue weighted by atomic mass is 16.7. The number of hydrogen-bond acceptors (Lipinski definition) is 8. The van der Waals surface area contributed by atoms with Gasteiger partial charge in [-0.2, -0.15) is 0 Å². The van der Waals surface area contributed by atoms with Crippen LogP contribution in [0.2, 0.25) is 0 Å². The lowest BCUT2D eigenvalue weighted by atomic mass is 9.93. The largest absolute Gasteiger partial charge is 0.426 e. The first-order valence-corrected chi connectivity index (χ1v) is 6.86. The summed E-state index contributed by atoms with van der Waals surface area (Å²) < 4.78 is 8.51. The summed E-state index contributed by atoms with van der Waals surface area (Å²) in [5, 5.41) is 42.3. The molecule has 8 heteroatoms. The van der Waals surface area contributed by atoms with Crippen molar-refractivity contribution in [1.82, 2.24) is 0 Å². The Kier molecular flexibility index (Phi) is 3.43. The van der Waals surface area contributed by atoms with Crippen LogP contribution in [0.5, 0.6) is 0 Å². The molecule has 0 unspecified atom stereocenters. The van der Waals surface area contributed by atoms with Crippen LogP contribution >= 0.6 is 0 Å². The molecule has 4 N–H and O–H groups in total. The molecule has 0 spiro atoms. The van der Waals surface area contributed by atoms with Gasteiger partial charge in [0.2, 0.25) is 6.79 Å². The zero-order valence-corrected chi connectivity index (χ0v) is 12.9. The monoisotopic (exact) mass is 317 g/mol. The second-order valence-corrected chi connectivity index (χ2v) is 7.23. The maximum atomic E-state index is 11.8. The molecule has 0 heterocycles. The Hall–Kier alpha value is -1.22. The second kappa shape index (κ2) is 4.41. The highest BCUT2D eigenvalue weighted by Crippen LogP contribution is 2.79. The first-order chi connectivity index (χ1) is 9.85. The molecular formula is C14H21O8. The molecule has 0 amide bonds. The van der Waals surface area contributed by atoms with Crippen molar-refractivity contribution in [2.45, 2.75) is 57.0 Å². The normalized spacial score (nSPS) is 42.2. The zero-order valence-electron chi connectivity index (χ0n) is 12.9. The van der Waals surface area contributed by atoms with Crippen LogP contribution in [0.25, 0.3) is 0 Å². The van der Waals surface area contributed by atoms with Gasteiger partial charge in [-0.3, -0.25) is 0 Å². The summed E-state index contributed by atoms with van der Waals surface area (Å²) in [6.07, 6.45) is -1.89. The van der Waals surface area contributed by atoms with Gasteiger partial charge in [-0.05, 0) is 11.8 Å². The van der Waals surface area contributed by atoms with Crippen molar-refractivity contribution in [2.24, 2.45) is 10.8 Å². The van der Waals surface area contributed by atoms with E-state index in [0.29, 0.717) is 0 Å². The molecule has 22 heavy (non-hydrogen) atoms. The molecular weight excluding hydrogens is 296 g/mol. The number of carbonyl (C=O) groups is 1. The van der Waals surface area contributed by atoms with E-state index >= 15 is 0 Å². The van der Waals surface area contributed by atoms with Crippen molar-refractivity contribution in [3.05, 3.63) is 0 Å². The van der Waals surface area contributed by atoms with Crippen molar-refractivity contribution < 1.29 is 39.5 Å². The van der Waals surface area contributed by atoms with Crippen molar-refractivity contribution in [2.75, 3.05) is 6.79 Å². The molecule has 0 aromatic heterocycles. The lowest BCUT2D eigenvalue weighted by Crippen LogP contribution is -2.50. The third-order valence-electron chi connectivity index (χ3n) is 5.58. The quantitative estimate of drug-likeness (QED) is 0.267. The van der Waals surface area contributed by atoms with Gasteiger partial charge in [0.05, 0.1) is 0 Å². The molecule has 2 saturated carbocycles. The summed E-state index contributed by atoms with van der Waals surface area (Å²) in [6, 6.07) is 0. The molecule has 4 atom stereocenters. The van der Waals surface area contributed by atoms with E-state index in [2.05, 4.69) is 9.47 Å². The van der Waals surface area contributed by atoms with Gasteiger partial charge in [0, 0.05) is 5.41 Å². The molecule has 2 fully saturated rings. The Balaban J connectivity index is 2.23. The van der Waals surface area contributed by atoms with Gasteiger partial charge in [-0.25, -0.2) is 9.59 Å². The molecule has 2 rings (SSSR count). The fourth-order valence-electron chi connectivity index (χ4n) is 3.81. The minimum absolute atomic E-state index is 0.215.